The number of pyridine rings is 1. The molecule has 6 rings (SSSR count). The lowest BCUT2D eigenvalue weighted by atomic mass is 10.0. The van der Waals surface area contributed by atoms with Gasteiger partial charge >= 0.3 is 0 Å². The van der Waals surface area contributed by atoms with Gasteiger partial charge in [0, 0.05) is 48.5 Å². The maximum Gasteiger partial charge on any atom is 0.251 e. The van der Waals surface area contributed by atoms with Crippen LogP contribution in [0.4, 0.5) is 11.5 Å². The first-order valence-corrected chi connectivity index (χ1v) is 14.2. The molecule has 1 amide bonds. The molecule has 1 aliphatic heterocycles. The first kappa shape index (κ1) is 26.6. The maximum absolute atomic E-state index is 12.9. The van der Waals surface area contributed by atoms with Crippen LogP contribution >= 0.6 is 11.6 Å². The van der Waals surface area contributed by atoms with E-state index in [0.29, 0.717) is 12.1 Å². The average Bonchev–Trinajstić information content (AvgIpc) is 3.02. The van der Waals surface area contributed by atoms with E-state index in [-0.39, 0.29) is 5.91 Å². The largest absolute Gasteiger partial charge is 0.367 e. The fourth-order valence-corrected chi connectivity index (χ4v) is 5.34. The van der Waals surface area contributed by atoms with Crippen molar-refractivity contribution >= 4 is 29.0 Å². The van der Waals surface area contributed by atoms with Gasteiger partial charge in [-0.25, -0.2) is 4.98 Å². The number of nitrogens with one attached hydrogen (secondary N) is 2. The number of rotatable bonds is 7. The summed E-state index contributed by atoms with van der Waals surface area (Å²) in [5.74, 6) is 0.784. The number of aromatic nitrogens is 1. The summed E-state index contributed by atoms with van der Waals surface area (Å²) in [6.07, 6.45) is 1.88. The number of hydrogen-bond donors (Lipinski definition) is 2. The van der Waals surface area contributed by atoms with Crippen molar-refractivity contribution < 1.29 is 4.79 Å². The van der Waals surface area contributed by atoms with Gasteiger partial charge in [-0.3, -0.25) is 4.79 Å². The highest BCUT2D eigenvalue weighted by Gasteiger charge is 2.20. The summed E-state index contributed by atoms with van der Waals surface area (Å²) in [5.41, 5.74) is 9.52. The molecule has 204 valence electrons. The van der Waals surface area contributed by atoms with Crippen LogP contribution in [0.25, 0.3) is 22.3 Å². The third kappa shape index (κ3) is 6.11. The summed E-state index contributed by atoms with van der Waals surface area (Å²) in [6.45, 7) is 5.06. The van der Waals surface area contributed by atoms with Gasteiger partial charge in [0.25, 0.3) is 5.91 Å². The maximum atomic E-state index is 12.9. The number of halogens is 1. The van der Waals surface area contributed by atoms with Gasteiger partial charge in [-0.2, -0.15) is 0 Å². The quantitative estimate of drug-likeness (QED) is 0.214. The summed E-state index contributed by atoms with van der Waals surface area (Å²) >= 11 is 6.28. The summed E-state index contributed by atoms with van der Waals surface area (Å²) in [4.78, 5) is 19.9. The zero-order valence-corrected chi connectivity index (χ0v) is 23.7. The predicted molar refractivity (Wildman–Crippen MR) is 168 cm³/mol. The van der Waals surface area contributed by atoms with Crippen LogP contribution in [0.5, 0.6) is 0 Å². The second-order valence-corrected chi connectivity index (χ2v) is 10.8. The smallest absolute Gasteiger partial charge is 0.251 e. The molecule has 0 bridgehead atoms. The Hall–Kier alpha value is -4.61. The number of carbonyl (C=O) groups is 1. The lowest BCUT2D eigenvalue weighted by Crippen LogP contribution is -2.34. The third-order valence-corrected chi connectivity index (χ3v) is 7.78. The van der Waals surface area contributed by atoms with Gasteiger partial charge in [-0.15, -0.1) is 0 Å². The van der Waals surface area contributed by atoms with Gasteiger partial charge in [0.2, 0.25) is 0 Å². The molecule has 2 heterocycles. The molecule has 0 unspecified atom stereocenters. The van der Waals surface area contributed by atoms with Crippen molar-refractivity contribution in [1.82, 2.24) is 10.3 Å². The molecule has 5 aromatic rings. The van der Waals surface area contributed by atoms with E-state index in [4.69, 9.17) is 16.6 Å². The number of nitrogens with zero attached hydrogens (tertiary/aromatic N) is 2. The van der Waals surface area contributed by atoms with Crippen molar-refractivity contribution in [3.05, 3.63) is 137 Å². The molecule has 0 saturated carbocycles. The highest BCUT2D eigenvalue weighted by molar-refractivity contribution is 6.30. The van der Waals surface area contributed by atoms with E-state index >= 15 is 0 Å². The first-order chi connectivity index (χ1) is 20.0. The standard InChI is InChI=1S/C35H31ClN4O/c1-24-7-16-32(36)19-31(24)23-40-18-17-37-34-33(40)20-30(22-38-34)28-12-14-29(15-13-28)35(41)39-21-25-8-10-27(11-9-25)26-5-3-2-4-6-26/h2-16,19-20,22H,17-18,21,23H2,1H3,(H,37,38)(H,39,41). The number of amides is 1. The second-order valence-electron chi connectivity index (χ2n) is 10.3. The molecule has 0 fully saturated rings. The van der Waals surface area contributed by atoms with E-state index in [1.807, 2.05) is 60.8 Å². The second kappa shape index (κ2) is 11.9. The Morgan fingerprint density at radius 1 is 0.878 bits per heavy atom. The van der Waals surface area contributed by atoms with E-state index in [1.165, 1.54) is 16.7 Å². The Balaban J connectivity index is 1.12. The molecule has 1 aromatic heterocycles. The minimum atomic E-state index is -0.0977. The molecule has 4 aromatic carbocycles. The van der Waals surface area contributed by atoms with Crippen LogP contribution < -0.4 is 15.5 Å². The molecule has 5 nitrogen and oxygen atoms in total. The van der Waals surface area contributed by atoms with Crippen molar-refractivity contribution in [2.24, 2.45) is 0 Å². The van der Waals surface area contributed by atoms with Gasteiger partial charge in [0.1, 0.15) is 5.82 Å². The lowest BCUT2D eigenvalue weighted by molar-refractivity contribution is 0.0951. The molecule has 2 N–H and O–H groups in total. The van der Waals surface area contributed by atoms with E-state index < -0.39 is 0 Å². The van der Waals surface area contributed by atoms with Crippen LogP contribution in [0.1, 0.15) is 27.0 Å². The summed E-state index contributed by atoms with van der Waals surface area (Å²) in [7, 11) is 0. The fraction of sp³-hybridized carbons (Fsp3) is 0.143. The number of fused-ring (bicyclic) bond motifs is 1. The Labute approximate surface area is 245 Å². The summed E-state index contributed by atoms with van der Waals surface area (Å²) in [6, 6.07) is 34.5. The van der Waals surface area contributed by atoms with Crippen LogP contribution in [-0.2, 0) is 13.1 Å². The van der Waals surface area contributed by atoms with Gasteiger partial charge in [0.05, 0.1) is 5.69 Å². The van der Waals surface area contributed by atoms with Gasteiger partial charge in [0.15, 0.2) is 0 Å². The molecular formula is C35H31ClN4O. The van der Waals surface area contributed by atoms with Crippen LogP contribution in [0.3, 0.4) is 0 Å². The molecular weight excluding hydrogens is 528 g/mol. The molecule has 0 saturated heterocycles. The number of hydrogen-bond acceptors (Lipinski definition) is 4. The average molecular weight is 559 g/mol. The molecule has 1 aliphatic rings. The normalized spacial score (nSPS) is 12.4. The number of aryl methyl sites for hydroxylation is 1. The van der Waals surface area contributed by atoms with Crippen molar-refractivity contribution in [2.45, 2.75) is 20.0 Å². The monoisotopic (exact) mass is 558 g/mol. The fourth-order valence-electron chi connectivity index (χ4n) is 5.14. The predicted octanol–water partition coefficient (Wildman–Crippen LogP) is 7.74. The van der Waals surface area contributed by atoms with Crippen LogP contribution in [0, 0.1) is 6.92 Å². The highest BCUT2D eigenvalue weighted by atomic mass is 35.5. The minimum absolute atomic E-state index is 0.0977. The molecule has 0 radical (unpaired) electrons. The van der Waals surface area contributed by atoms with Gasteiger partial charge < -0.3 is 15.5 Å². The SMILES string of the molecule is Cc1ccc(Cl)cc1CN1CCNc2ncc(-c3ccc(C(=O)NCc4ccc(-c5ccccc5)cc4)cc3)cc21. The van der Waals surface area contributed by atoms with Crippen LogP contribution in [-0.4, -0.2) is 24.0 Å². The lowest BCUT2D eigenvalue weighted by Gasteiger charge is -2.32. The molecule has 6 heteroatoms. The highest BCUT2D eigenvalue weighted by Crippen LogP contribution is 2.33. The van der Waals surface area contributed by atoms with Crippen molar-refractivity contribution in [3.8, 4) is 22.3 Å². The van der Waals surface area contributed by atoms with E-state index in [1.54, 1.807) is 0 Å². The van der Waals surface area contributed by atoms with E-state index in [9.17, 15) is 4.79 Å². The molecule has 41 heavy (non-hydrogen) atoms. The zero-order chi connectivity index (χ0) is 28.2. The summed E-state index contributed by atoms with van der Waals surface area (Å²) < 4.78 is 0. The van der Waals surface area contributed by atoms with E-state index in [2.05, 4.69) is 71.0 Å². The molecule has 0 spiro atoms. The topological polar surface area (TPSA) is 57.3 Å². The van der Waals surface area contributed by atoms with Gasteiger partial charge in [-0.05, 0) is 70.6 Å². The zero-order valence-electron chi connectivity index (χ0n) is 22.9. The summed E-state index contributed by atoms with van der Waals surface area (Å²) in [5, 5.41) is 7.20. The minimum Gasteiger partial charge on any atom is -0.367 e. The Morgan fingerprint density at radius 2 is 1.59 bits per heavy atom. The Bertz CT molecular complexity index is 1670. The van der Waals surface area contributed by atoms with Crippen molar-refractivity contribution in [2.75, 3.05) is 23.3 Å². The van der Waals surface area contributed by atoms with Crippen LogP contribution in [0.15, 0.2) is 109 Å². The first-order valence-electron chi connectivity index (χ1n) is 13.8. The molecule has 0 atom stereocenters. The van der Waals surface area contributed by atoms with Crippen LogP contribution in [0.2, 0.25) is 5.02 Å². The Kier molecular flexibility index (Phi) is 7.70. The Morgan fingerprint density at radius 3 is 2.37 bits per heavy atom. The van der Waals surface area contributed by atoms with Crippen molar-refractivity contribution in [1.29, 1.82) is 0 Å². The van der Waals surface area contributed by atoms with E-state index in [0.717, 1.165) is 58.4 Å². The third-order valence-electron chi connectivity index (χ3n) is 7.55. The number of anilines is 2. The van der Waals surface area contributed by atoms with Crippen molar-refractivity contribution in [3.63, 3.8) is 0 Å². The number of benzene rings is 4. The molecule has 0 aliphatic carbocycles. The number of carbonyl (C=O) groups excluding carboxylic acids is 1. The van der Waals surface area contributed by atoms with Gasteiger partial charge in [-0.1, -0.05) is 84.4 Å².